The van der Waals surface area contributed by atoms with Gasteiger partial charge in [0.15, 0.2) is 17.3 Å². The SMILES string of the molecule is O=C(c1cccc([N+](=O)[O-])c1)[C@@H]1[C@@H](c2ccc(Cl)cc2Cl)C2(C(=O)c3ccccc3C2=O)[C@H]2C=Cc3ccccc3N12. The summed E-state index contributed by atoms with van der Waals surface area (Å²) < 4.78 is 0. The van der Waals surface area contributed by atoms with Gasteiger partial charge in [-0.1, -0.05) is 96.0 Å². The van der Waals surface area contributed by atoms with Gasteiger partial charge in [0, 0.05) is 50.5 Å². The zero-order valence-electron chi connectivity index (χ0n) is 21.7. The number of nitro groups is 1. The van der Waals surface area contributed by atoms with E-state index in [2.05, 4.69) is 0 Å². The van der Waals surface area contributed by atoms with Gasteiger partial charge in [0.05, 0.1) is 11.0 Å². The quantitative estimate of drug-likeness (QED) is 0.107. The number of Topliss-reactive ketones (excluding diaryl/α,β-unsaturated/α-hetero) is 3. The monoisotopic (exact) mass is 594 g/mol. The van der Waals surface area contributed by atoms with E-state index in [9.17, 15) is 24.5 Å². The van der Waals surface area contributed by atoms with Gasteiger partial charge in [0.2, 0.25) is 0 Å². The average Bonchev–Trinajstić information content (AvgIpc) is 3.43. The highest BCUT2D eigenvalue weighted by molar-refractivity contribution is 6.36. The van der Waals surface area contributed by atoms with Crippen molar-refractivity contribution in [3.05, 3.63) is 145 Å². The molecule has 3 atom stereocenters. The van der Waals surface area contributed by atoms with E-state index in [1.807, 2.05) is 41.3 Å². The summed E-state index contributed by atoms with van der Waals surface area (Å²) in [6, 6.07) is 22.4. The van der Waals surface area contributed by atoms with Crippen LogP contribution < -0.4 is 4.90 Å². The molecule has 206 valence electrons. The van der Waals surface area contributed by atoms with Gasteiger partial charge < -0.3 is 4.90 Å². The van der Waals surface area contributed by atoms with Gasteiger partial charge >= 0.3 is 0 Å². The number of para-hydroxylation sites is 1. The molecule has 2 heterocycles. The number of hydrogen-bond acceptors (Lipinski definition) is 6. The maximum atomic E-state index is 14.7. The van der Waals surface area contributed by atoms with Crippen LogP contribution in [0.4, 0.5) is 11.4 Å². The molecule has 9 heteroatoms. The van der Waals surface area contributed by atoms with Gasteiger partial charge in [-0.25, -0.2) is 0 Å². The molecule has 0 bridgehead atoms. The fourth-order valence-electron chi connectivity index (χ4n) is 6.96. The molecular formula is C33H20Cl2N2O5. The van der Waals surface area contributed by atoms with Gasteiger partial charge in [-0.15, -0.1) is 0 Å². The first-order chi connectivity index (χ1) is 20.2. The Hall–Kier alpha value is -4.59. The Morgan fingerprint density at radius 2 is 1.55 bits per heavy atom. The van der Waals surface area contributed by atoms with Crippen LogP contribution in [0, 0.1) is 15.5 Å². The van der Waals surface area contributed by atoms with Crippen molar-refractivity contribution in [1.82, 2.24) is 0 Å². The van der Waals surface area contributed by atoms with Crippen LogP contribution in [0.15, 0.2) is 97.1 Å². The maximum absolute atomic E-state index is 14.7. The summed E-state index contributed by atoms with van der Waals surface area (Å²) in [5, 5.41) is 12.2. The standard InChI is InChI=1S/C33H20Cl2N2O5/c34-20-13-14-24(25(35)17-20)28-29(30(38)19-7-5-8-21(16-19)37(41)42)36-26-11-4-1-6-18(26)12-15-27(36)33(28)31(39)22-9-2-3-10-23(22)32(33)40/h1-17,27-29H/t27-,28-,29+/m1/s1. The van der Waals surface area contributed by atoms with Crippen molar-refractivity contribution in [2.75, 3.05) is 4.90 Å². The Balaban J connectivity index is 1.56. The Morgan fingerprint density at radius 1 is 0.857 bits per heavy atom. The van der Waals surface area contributed by atoms with Crippen molar-refractivity contribution < 1.29 is 19.3 Å². The number of carbonyl (C=O) groups is 3. The molecular weight excluding hydrogens is 575 g/mol. The number of benzene rings is 4. The molecule has 0 N–H and O–H groups in total. The van der Waals surface area contributed by atoms with Crippen molar-refractivity contribution in [1.29, 1.82) is 0 Å². The second-order valence-corrected chi connectivity index (χ2v) is 11.4. The molecule has 0 aromatic heterocycles. The first-order valence-corrected chi connectivity index (χ1v) is 14.0. The average molecular weight is 595 g/mol. The number of non-ortho nitro benzene ring substituents is 1. The molecule has 2 aliphatic heterocycles. The summed E-state index contributed by atoms with van der Waals surface area (Å²) in [6.07, 6.45) is 3.67. The van der Waals surface area contributed by atoms with Crippen molar-refractivity contribution in [3.63, 3.8) is 0 Å². The predicted octanol–water partition coefficient (Wildman–Crippen LogP) is 7.22. The molecule has 1 fully saturated rings. The number of fused-ring (bicyclic) bond motifs is 5. The number of carbonyl (C=O) groups excluding carboxylic acids is 3. The van der Waals surface area contributed by atoms with E-state index < -0.39 is 45.7 Å². The van der Waals surface area contributed by atoms with Crippen LogP contribution in [-0.4, -0.2) is 34.4 Å². The lowest BCUT2D eigenvalue weighted by atomic mass is 9.64. The number of nitrogens with zero attached hydrogens (tertiary/aromatic N) is 2. The van der Waals surface area contributed by atoms with Crippen LogP contribution in [0.2, 0.25) is 10.0 Å². The first kappa shape index (κ1) is 26.3. The fraction of sp³-hybridized carbons (Fsp3) is 0.121. The van der Waals surface area contributed by atoms with Crippen LogP contribution in [-0.2, 0) is 0 Å². The second kappa shape index (κ2) is 9.48. The second-order valence-electron chi connectivity index (χ2n) is 10.6. The normalized spacial score (nSPS) is 21.3. The topological polar surface area (TPSA) is 97.6 Å². The van der Waals surface area contributed by atoms with Crippen LogP contribution in [0.1, 0.15) is 48.1 Å². The van der Waals surface area contributed by atoms with Crippen molar-refractivity contribution in [3.8, 4) is 0 Å². The lowest BCUT2D eigenvalue weighted by molar-refractivity contribution is -0.384. The third-order valence-corrected chi connectivity index (χ3v) is 9.18. The Labute approximate surface area is 250 Å². The van der Waals surface area contributed by atoms with Crippen LogP contribution >= 0.6 is 23.2 Å². The maximum Gasteiger partial charge on any atom is 0.270 e. The van der Waals surface area contributed by atoms with Crippen LogP contribution in [0.3, 0.4) is 0 Å². The lowest BCUT2D eigenvalue weighted by Gasteiger charge is -2.37. The number of nitro benzene ring substituents is 1. The van der Waals surface area contributed by atoms with E-state index in [0.29, 0.717) is 16.3 Å². The molecule has 1 saturated heterocycles. The summed E-state index contributed by atoms with van der Waals surface area (Å²) in [5.74, 6) is -2.32. The highest BCUT2D eigenvalue weighted by Crippen LogP contribution is 2.61. The molecule has 0 unspecified atom stereocenters. The number of anilines is 1. The van der Waals surface area contributed by atoms with Crippen molar-refractivity contribution in [2.45, 2.75) is 18.0 Å². The van der Waals surface area contributed by atoms with Crippen LogP contribution in [0.5, 0.6) is 0 Å². The number of rotatable bonds is 4. The van der Waals surface area contributed by atoms with Gasteiger partial charge in [-0.05, 0) is 29.3 Å². The van der Waals surface area contributed by atoms with E-state index in [0.717, 1.165) is 5.56 Å². The Morgan fingerprint density at radius 3 is 2.24 bits per heavy atom. The number of hydrogen-bond donors (Lipinski definition) is 0. The third kappa shape index (κ3) is 3.50. The number of halogens is 2. The minimum atomic E-state index is -1.74. The summed E-state index contributed by atoms with van der Waals surface area (Å²) in [7, 11) is 0. The molecule has 1 spiro atoms. The van der Waals surface area contributed by atoms with E-state index in [4.69, 9.17) is 23.2 Å². The van der Waals surface area contributed by atoms with Gasteiger partial charge in [0.1, 0.15) is 11.5 Å². The van der Waals surface area contributed by atoms with E-state index in [-0.39, 0.29) is 27.4 Å². The predicted molar refractivity (Wildman–Crippen MR) is 160 cm³/mol. The van der Waals surface area contributed by atoms with Crippen LogP contribution in [0.25, 0.3) is 6.08 Å². The van der Waals surface area contributed by atoms with E-state index >= 15 is 0 Å². The van der Waals surface area contributed by atoms with E-state index in [1.165, 1.54) is 30.3 Å². The Bertz CT molecular complexity index is 1870. The molecule has 0 amide bonds. The minimum absolute atomic E-state index is 0.0857. The zero-order valence-corrected chi connectivity index (χ0v) is 23.3. The molecule has 0 radical (unpaired) electrons. The molecule has 4 aromatic carbocycles. The number of ketones is 3. The fourth-order valence-corrected chi connectivity index (χ4v) is 7.48. The smallest absolute Gasteiger partial charge is 0.270 e. The van der Waals surface area contributed by atoms with Crippen molar-refractivity contribution in [2.24, 2.45) is 5.41 Å². The summed E-state index contributed by atoms with van der Waals surface area (Å²) in [4.78, 5) is 56.9. The first-order valence-electron chi connectivity index (χ1n) is 13.2. The highest BCUT2D eigenvalue weighted by Gasteiger charge is 2.71. The molecule has 0 saturated carbocycles. The molecule has 1 aliphatic carbocycles. The third-order valence-electron chi connectivity index (χ3n) is 8.62. The van der Waals surface area contributed by atoms with Gasteiger partial charge in [-0.3, -0.25) is 24.5 Å². The van der Waals surface area contributed by atoms with Gasteiger partial charge in [0.25, 0.3) is 5.69 Å². The molecule has 7 rings (SSSR count). The Kier molecular flexibility index (Phi) is 5.94. The summed E-state index contributed by atoms with van der Waals surface area (Å²) in [5.41, 5.74) is 0.553. The van der Waals surface area contributed by atoms with Crippen molar-refractivity contribution >= 4 is 58.0 Å². The molecule has 3 aliphatic rings. The minimum Gasteiger partial charge on any atom is -0.352 e. The highest BCUT2D eigenvalue weighted by atomic mass is 35.5. The largest absolute Gasteiger partial charge is 0.352 e. The summed E-state index contributed by atoms with van der Waals surface area (Å²) >= 11 is 13.1. The molecule has 7 nitrogen and oxygen atoms in total. The summed E-state index contributed by atoms with van der Waals surface area (Å²) in [6.45, 7) is 0. The van der Waals surface area contributed by atoms with E-state index in [1.54, 1.807) is 36.4 Å². The molecule has 4 aromatic rings. The lowest BCUT2D eigenvalue weighted by Crippen LogP contribution is -2.48. The van der Waals surface area contributed by atoms with Gasteiger partial charge in [-0.2, -0.15) is 0 Å². The molecule has 42 heavy (non-hydrogen) atoms. The zero-order chi connectivity index (χ0) is 29.3.